The van der Waals surface area contributed by atoms with E-state index in [4.69, 9.17) is 4.74 Å². The zero-order valence-electron chi connectivity index (χ0n) is 18.5. The number of ether oxygens (including phenoxy) is 1. The molecule has 1 saturated heterocycles. The van der Waals surface area contributed by atoms with Crippen molar-refractivity contribution in [2.24, 2.45) is 0 Å². The number of halogens is 3. The minimum absolute atomic E-state index is 0.0879. The molecular weight excluding hydrogens is 435 g/mol. The number of hydrogen-bond donors (Lipinski definition) is 1. The zero-order valence-corrected chi connectivity index (χ0v) is 18.5. The Balaban J connectivity index is 1.59. The van der Waals surface area contributed by atoms with Crippen molar-refractivity contribution >= 4 is 22.8 Å². The van der Waals surface area contributed by atoms with Gasteiger partial charge in [-0.05, 0) is 43.2 Å². The standard InChI is InChI=1S/C23H24F3N5O2/c1-4-20-27-11-15-9-18(14(3)28-21(15)30-20)17-10-16(6-5-13(17)2)29-22(32)31-7-8-33-19(12-31)23(24,25)26/h5-6,9-11,19H,4,7-8,12H2,1-3H3,(H,29,32)/t19-/m0/s1. The maximum absolute atomic E-state index is 13.0. The smallest absolute Gasteiger partial charge is 0.365 e. The van der Waals surface area contributed by atoms with Gasteiger partial charge in [0, 0.05) is 41.5 Å². The van der Waals surface area contributed by atoms with E-state index in [1.165, 1.54) is 0 Å². The second-order valence-electron chi connectivity index (χ2n) is 7.98. The van der Waals surface area contributed by atoms with Crippen LogP contribution in [-0.4, -0.2) is 57.9 Å². The van der Waals surface area contributed by atoms with Gasteiger partial charge in [-0.1, -0.05) is 13.0 Å². The summed E-state index contributed by atoms with van der Waals surface area (Å²) in [5.74, 6) is 0.721. The molecular formula is C23H24F3N5O2. The van der Waals surface area contributed by atoms with Gasteiger partial charge in [0.1, 0.15) is 5.82 Å². The van der Waals surface area contributed by atoms with Crippen molar-refractivity contribution < 1.29 is 22.7 Å². The minimum atomic E-state index is -4.52. The van der Waals surface area contributed by atoms with E-state index in [2.05, 4.69) is 20.3 Å². The Bertz CT molecular complexity index is 1200. The van der Waals surface area contributed by atoms with Gasteiger partial charge in [-0.2, -0.15) is 13.2 Å². The van der Waals surface area contributed by atoms with Crippen LogP contribution in [0, 0.1) is 13.8 Å². The number of nitrogens with zero attached hydrogens (tertiary/aromatic N) is 4. The molecule has 10 heteroatoms. The average Bonchev–Trinajstić information content (AvgIpc) is 2.79. The lowest BCUT2D eigenvalue weighted by Crippen LogP contribution is -2.52. The number of hydrogen-bond acceptors (Lipinski definition) is 5. The van der Waals surface area contributed by atoms with E-state index < -0.39 is 24.9 Å². The summed E-state index contributed by atoms with van der Waals surface area (Å²) in [4.78, 5) is 27.2. The van der Waals surface area contributed by atoms with Crippen molar-refractivity contribution in [2.45, 2.75) is 39.5 Å². The fraction of sp³-hybridized carbons (Fsp3) is 0.391. The number of aryl methyl sites for hydroxylation is 3. The molecule has 1 aliphatic rings. The molecule has 0 saturated carbocycles. The highest BCUT2D eigenvalue weighted by molar-refractivity contribution is 5.91. The third kappa shape index (κ3) is 4.90. The number of alkyl halides is 3. The van der Waals surface area contributed by atoms with E-state index in [1.54, 1.807) is 18.3 Å². The van der Waals surface area contributed by atoms with Crippen LogP contribution in [0.25, 0.3) is 22.2 Å². The number of carbonyl (C=O) groups is 1. The Kier molecular flexibility index (Phi) is 6.20. The van der Waals surface area contributed by atoms with E-state index in [-0.39, 0.29) is 13.2 Å². The van der Waals surface area contributed by atoms with Gasteiger partial charge in [0.15, 0.2) is 11.8 Å². The molecule has 4 rings (SSSR count). The number of amides is 2. The maximum Gasteiger partial charge on any atom is 0.416 e. The first-order chi connectivity index (χ1) is 15.7. The molecule has 3 aromatic rings. The van der Waals surface area contributed by atoms with Crippen molar-refractivity contribution in [1.82, 2.24) is 19.9 Å². The highest BCUT2D eigenvalue weighted by atomic mass is 19.4. The lowest BCUT2D eigenvalue weighted by Gasteiger charge is -2.33. The number of urea groups is 1. The maximum atomic E-state index is 13.0. The number of anilines is 1. The number of carbonyl (C=O) groups excluding carboxylic acids is 1. The summed E-state index contributed by atoms with van der Waals surface area (Å²) >= 11 is 0. The van der Waals surface area contributed by atoms with Crippen LogP contribution in [0.4, 0.5) is 23.7 Å². The lowest BCUT2D eigenvalue weighted by atomic mass is 9.98. The molecule has 1 N–H and O–H groups in total. The zero-order chi connectivity index (χ0) is 23.8. The molecule has 0 unspecified atom stereocenters. The lowest BCUT2D eigenvalue weighted by molar-refractivity contribution is -0.233. The molecule has 1 fully saturated rings. The Morgan fingerprint density at radius 2 is 2.00 bits per heavy atom. The Hall–Kier alpha value is -3.27. The number of morpholine rings is 1. The molecule has 0 spiro atoms. The molecule has 1 aliphatic heterocycles. The largest absolute Gasteiger partial charge is 0.416 e. The average molecular weight is 459 g/mol. The van der Waals surface area contributed by atoms with E-state index in [0.29, 0.717) is 17.8 Å². The minimum Gasteiger partial charge on any atom is -0.365 e. The van der Waals surface area contributed by atoms with Crippen LogP contribution < -0.4 is 5.32 Å². The van der Waals surface area contributed by atoms with Crippen molar-refractivity contribution in [3.63, 3.8) is 0 Å². The number of benzene rings is 1. The van der Waals surface area contributed by atoms with Crippen molar-refractivity contribution in [3.8, 4) is 11.1 Å². The molecule has 0 bridgehead atoms. The molecule has 2 aromatic heterocycles. The molecule has 174 valence electrons. The van der Waals surface area contributed by atoms with Gasteiger partial charge in [-0.3, -0.25) is 0 Å². The summed E-state index contributed by atoms with van der Waals surface area (Å²) in [6.07, 6.45) is -4.04. The van der Waals surface area contributed by atoms with Gasteiger partial charge in [0.2, 0.25) is 0 Å². The van der Waals surface area contributed by atoms with E-state index >= 15 is 0 Å². The van der Waals surface area contributed by atoms with Crippen molar-refractivity contribution in [2.75, 3.05) is 25.0 Å². The first kappa shape index (κ1) is 22.9. The quantitative estimate of drug-likeness (QED) is 0.616. The molecule has 3 heterocycles. The highest BCUT2D eigenvalue weighted by Crippen LogP contribution is 2.31. The topological polar surface area (TPSA) is 80.2 Å². The second-order valence-corrected chi connectivity index (χ2v) is 7.98. The molecule has 0 radical (unpaired) electrons. The summed E-state index contributed by atoms with van der Waals surface area (Å²) in [6, 6.07) is 6.73. The fourth-order valence-corrected chi connectivity index (χ4v) is 3.76. The first-order valence-corrected chi connectivity index (χ1v) is 10.6. The molecule has 0 aliphatic carbocycles. The van der Waals surface area contributed by atoms with E-state index in [1.807, 2.05) is 32.9 Å². The highest BCUT2D eigenvalue weighted by Gasteiger charge is 2.44. The monoisotopic (exact) mass is 459 g/mol. The summed E-state index contributed by atoms with van der Waals surface area (Å²) in [5.41, 5.74) is 4.56. The summed E-state index contributed by atoms with van der Waals surface area (Å²) in [6.45, 7) is 5.19. The SMILES string of the molecule is CCc1ncc2cc(-c3cc(NC(=O)N4CCO[C@H](C(F)(F)F)C4)ccc3C)c(C)nc2n1. The van der Waals surface area contributed by atoms with Crippen LogP contribution >= 0.6 is 0 Å². The Morgan fingerprint density at radius 3 is 2.73 bits per heavy atom. The third-order valence-corrected chi connectivity index (χ3v) is 5.62. The van der Waals surface area contributed by atoms with Crippen LogP contribution in [0.1, 0.15) is 24.0 Å². The van der Waals surface area contributed by atoms with Crippen LogP contribution in [0.2, 0.25) is 0 Å². The summed E-state index contributed by atoms with van der Waals surface area (Å²) in [5, 5.41) is 3.51. The van der Waals surface area contributed by atoms with E-state index in [9.17, 15) is 18.0 Å². The third-order valence-electron chi connectivity index (χ3n) is 5.62. The molecule has 33 heavy (non-hydrogen) atoms. The van der Waals surface area contributed by atoms with Gasteiger partial charge in [0.25, 0.3) is 0 Å². The van der Waals surface area contributed by atoms with Gasteiger partial charge in [-0.25, -0.2) is 19.7 Å². The second kappa shape index (κ2) is 8.93. The van der Waals surface area contributed by atoms with Crippen LogP contribution in [-0.2, 0) is 11.2 Å². The van der Waals surface area contributed by atoms with E-state index in [0.717, 1.165) is 38.5 Å². The molecule has 1 aromatic carbocycles. The van der Waals surface area contributed by atoms with Gasteiger partial charge in [-0.15, -0.1) is 0 Å². The molecule has 2 amide bonds. The van der Waals surface area contributed by atoms with Crippen molar-refractivity contribution in [1.29, 1.82) is 0 Å². The van der Waals surface area contributed by atoms with Crippen LogP contribution in [0.5, 0.6) is 0 Å². The van der Waals surface area contributed by atoms with Crippen LogP contribution in [0.15, 0.2) is 30.5 Å². The number of fused-ring (bicyclic) bond motifs is 1. The number of aromatic nitrogens is 3. The van der Waals surface area contributed by atoms with Crippen LogP contribution in [0.3, 0.4) is 0 Å². The van der Waals surface area contributed by atoms with Crippen molar-refractivity contribution in [3.05, 3.63) is 47.5 Å². The fourth-order valence-electron chi connectivity index (χ4n) is 3.76. The Labute approximate surface area is 189 Å². The van der Waals surface area contributed by atoms with Gasteiger partial charge < -0.3 is 15.0 Å². The number of pyridine rings is 1. The predicted molar refractivity (Wildman–Crippen MR) is 118 cm³/mol. The van der Waals surface area contributed by atoms with Gasteiger partial charge >= 0.3 is 12.2 Å². The molecule has 1 atom stereocenters. The summed E-state index contributed by atoms with van der Waals surface area (Å²) < 4.78 is 43.7. The molecule has 7 nitrogen and oxygen atoms in total. The number of nitrogens with one attached hydrogen (secondary N) is 1. The Morgan fingerprint density at radius 1 is 1.21 bits per heavy atom. The normalized spacial score (nSPS) is 16.8. The number of rotatable bonds is 3. The summed E-state index contributed by atoms with van der Waals surface area (Å²) in [7, 11) is 0. The van der Waals surface area contributed by atoms with Gasteiger partial charge in [0.05, 0.1) is 13.2 Å². The first-order valence-electron chi connectivity index (χ1n) is 10.6. The predicted octanol–water partition coefficient (Wildman–Crippen LogP) is 4.67.